The van der Waals surface area contributed by atoms with Crippen LogP contribution >= 0.6 is 0 Å². The van der Waals surface area contributed by atoms with Gasteiger partial charge in [0.25, 0.3) is 0 Å². The van der Waals surface area contributed by atoms with Crippen LogP contribution in [0.25, 0.3) is 0 Å². The molecule has 0 bridgehead atoms. The number of nitrogens with zero attached hydrogens (tertiary/aromatic N) is 2. The lowest BCUT2D eigenvalue weighted by molar-refractivity contribution is 0.437. The number of para-hydroxylation sites is 1. The van der Waals surface area contributed by atoms with E-state index in [1.54, 1.807) is 10.6 Å². The lowest BCUT2D eigenvalue weighted by Crippen LogP contribution is -2.05. The third-order valence-corrected chi connectivity index (χ3v) is 3.33. The summed E-state index contributed by atoms with van der Waals surface area (Å²) in [5, 5.41) is 9.32. The molecule has 3 rings (SSSR count). The quantitative estimate of drug-likeness (QED) is 0.795. The number of anilines is 1. The molecule has 4 nitrogen and oxygen atoms in total. The van der Waals surface area contributed by atoms with E-state index < -0.39 is 0 Å². The zero-order valence-corrected chi connectivity index (χ0v) is 11.9. The average molecular weight is 289 g/mol. The SMILES string of the molecule is N#Cc1cc(N)c(Oc2ccccc2)n1Cc1ccccc1. The third-order valence-electron chi connectivity index (χ3n) is 3.33. The van der Waals surface area contributed by atoms with Crippen LogP contribution in [0.2, 0.25) is 0 Å². The second-order valence-corrected chi connectivity index (χ2v) is 4.89. The molecule has 2 N–H and O–H groups in total. The van der Waals surface area contributed by atoms with Gasteiger partial charge in [0.1, 0.15) is 17.5 Å². The molecule has 0 aliphatic carbocycles. The zero-order valence-electron chi connectivity index (χ0n) is 11.9. The first-order valence-corrected chi connectivity index (χ1v) is 6.94. The lowest BCUT2D eigenvalue weighted by Gasteiger charge is -2.12. The van der Waals surface area contributed by atoms with Crippen molar-refractivity contribution in [2.75, 3.05) is 5.73 Å². The van der Waals surface area contributed by atoms with E-state index in [4.69, 9.17) is 10.5 Å². The molecule has 1 aromatic heterocycles. The highest BCUT2D eigenvalue weighted by Gasteiger charge is 2.15. The molecule has 0 saturated carbocycles. The number of rotatable bonds is 4. The highest BCUT2D eigenvalue weighted by atomic mass is 16.5. The van der Waals surface area contributed by atoms with Crippen LogP contribution in [-0.4, -0.2) is 4.57 Å². The second-order valence-electron chi connectivity index (χ2n) is 4.89. The predicted molar refractivity (Wildman–Crippen MR) is 85.6 cm³/mol. The normalized spacial score (nSPS) is 10.1. The summed E-state index contributed by atoms with van der Waals surface area (Å²) >= 11 is 0. The summed E-state index contributed by atoms with van der Waals surface area (Å²) in [6.45, 7) is 0.531. The summed E-state index contributed by atoms with van der Waals surface area (Å²) in [5.74, 6) is 1.18. The largest absolute Gasteiger partial charge is 0.439 e. The summed E-state index contributed by atoms with van der Waals surface area (Å²) in [7, 11) is 0. The highest BCUT2D eigenvalue weighted by Crippen LogP contribution is 2.31. The summed E-state index contributed by atoms with van der Waals surface area (Å²) in [6, 6.07) is 23.1. The minimum Gasteiger partial charge on any atom is -0.439 e. The van der Waals surface area contributed by atoms with E-state index in [1.165, 1.54) is 0 Å². The first-order chi connectivity index (χ1) is 10.8. The summed E-state index contributed by atoms with van der Waals surface area (Å²) < 4.78 is 7.67. The maximum absolute atomic E-state index is 9.32. The Bertz CT molecular complexity index is 802. The third kappa shape index (κ3) is 2.79. The van der Waals surface area contributed by atoms with Crippen LogP contribution in [-0.2, 0) is 6.54 Å². The Balaban J connectivity index is 1.99. The van der Waals surface area contributed by atoms with Crippen molar-refractivity contribution in [2.45, 2.75) is 6.54 Å². The number of nitriles is 1. The van der Waals surface area contributed by atoms with Crippen molar-refractivity contribution in [2.24, 2.45) is 0 Å². The Morgan fingerprint density at radius 2 is 1.64 bits per heavy atom. The van der Waals surface area contributed by atoms with Gasteiger partial charge in [0.15, 0.2) is 0 Å². The molecule has 2 aromatic carbocycles. The Kier molecular flexibility index (Phi) is 3.80. The topological polar surface area (TPSA) is 64.0 Å². The summed E-state index contributed by atoms with van der Waals surface area (Å²) in [5.41, 5.74) is 8.03. The Hall–Kier alpha value is -3.19. The molecule has 0 aliphatic rings. The summed E-state index contributed by atoms with van der Waals surface area (Å²) in [6.07, 6.45) is 0. The number of benzene rings is 2. The number of ether oxygens (including phenoxy) is 1. The zero-order chi connectivity index (χ0) is 15.4. The molecule has 3 aromatic rings. The van der Waals surface area contributed by atoms with Gasteiger partial charge >= 0.3 is 0 Å². The fraction of sp³-hybridized carbons (Fsp3) is 0.0556. The van der Waals surface area contributed by atoms with Gasteiger partial charge in [-0.3, -0.25) is 4.57 Å². The molecule has 0 spiro atoms. The minimum absolute atomic E-state index is 0.455. The van der Waals surface area contributed by atoms with Gasteiger partial charge in [-0.25, -0.2) is 0 Å². The van der Waals surface area contributed by atoms with Crippen molar-refractivity contribution in [3.05, 3.63) is 78.0 Å². The number of nitrogen functional groups attached to an aromatic ring is 1. The van der Waals surface area contributed by atoms with Crippen LogP contribution in [0.5, 0.6) is 11.6 Å². The maximum atomic E-state index is 9.32. The van der Waals surface area contributed by atoms with E-state index >= 15 is 0 Å². The van der Waals surface area contributed by atoms with E-state index in [1.807, 2.05) is 60.7 Å². The Morgan fingerprint density at radius 3 is 2.27 bits per heavy atom. The Morgan fingerprint density at radius 1 is 1.00 bits per heavy atom. The monoisotopic (exact) mass is 289 g/mol. The molecule has 22 heavy (non-hydrogen) atoms. The molecular formula is C18H15N3O. The number of hydrogen-bond acceptors (Lipinski definition) is 3. The van der Waals surface area contributed by atoms with Gasteiger partial charge in [-0.2, -0.15) is 5.26 Å². The molecule has 0 amide bonds. The van der Waals surface area contributed by atoms with Crippen molar-refractivity contribution >= 4 is 5.69 Å². The van der Waals surface area contributed by atoms with Gasteiger partial charge in [-0.15, -0.1) is 0 Å². The van der Waals surface area contributed by atoms with Crippen LogP contribution in [0.1, 0.15) is 11.3 Å². The molecule has 0 unspecified atom stereocenters. The molecule has 4 heteroatoms. The molecule has 0 aliphatic heterocycles. The minimum atomic E-state index is 0.455. The van der Waals surface area contributed by atoms with Crippen molar-refractivity contribution in [3.63, 3.8) is 0 Å². The number of aromatic nitrogens is 1. The van der Waals surface area contributed by atoms with Crippen LogP contribution in [0.15, 0.2) is 66.7 Å². The first-order valence-electron chi connectivity index (χ1n) is 6.94. The van der Waals surface area contributed by atoms with E-state index in [2.05, 4.69) is 6.07 Å². The molecule has 0 radical (unpaired) electrons. The van der Waals surface area contributed by atoms with Crippen LogP contribution in [0.3, 0.4) is 0 Å². The average Bonchev–Trinajstić information content (AvgIpc) is 2.85. The molecule has 108 valence electrons. The fourth-order valence-electron chi connectivity index (χ4n) is 2.28. The van der Waals surface area contributed by atoms with Crippen LogP contribution < -0.4 is 10.5 Å². The molecule has 0 fully saturated rings. The van der Waals surface area contributed by atoms with Gasteiger partial charge in [0, 0.05) is 6.07 Å². The molecular weight excluding hydrogens is 274 g/mol. The predicted octanol–water partition coefficient (Wildman–Crippen LogP) is 3.78. The van der Waals surface area contributed by atoms with Gasteiger partial charge in [0.2, 0.25) is 5.88 Å². The standard InChI is InChI=1S/C18H15N3O/c19-12-15-11-17(20)18(22-16-9-5-2-6-10-16)21(15)13-14-7-3-1-4-8-14/h1-11H,13,20H2. The first kappa shape index (κ1) is 13.8. The maximum Gasteiger partial charge on any atom is 0.224 e. The number of hydrogen-bond donors (Lipinski definition) is 1. The van der Waals surface area contributed by atoms with Gasteiger partial charge in [0.05, 0.1) is 12.2 Å². The van der Waals surface area contributed by atoms with E-state index in [-0.39, 0.29) is 0 Å². The van der Waals surface area contributed by atoms with Gasteiger partial charge in [-0.05, 0) is 17.7 Å². The fourth-order valence-corrected chi connectivity index (χ4v) is 2.28. The molecule has 0 saturated heterocycles. The summed E-state index contributed by atoms with van der Waals surface area (Å²) in [4.78, 5) is 0. The van der Waals surface area contributed by atoms with Crippen molar-refractivity contribution in [3.8, 4) is 17.7 Å². The smallest absolute Gasteiger partial charge is 0.224 e. The van der Waals surface area contributed by atoms with E-state index in [9.17, 15) is 5.26 Å². The molecule has 0 atom stereocenters. The van der Waals surface area contributed by atoms with Gasteiger partial charge in [-0.1, -0.05) is 48.5 Å². The van der Waals surface area contributed by atoms with Crippen LogP contribution in [0, 0.1) is 11.3 Å². The van der Waals surface area contributed by atoms with Gasteiger partial charge < -0.3 is 10.5 Å². The van der Waals surface area contributed by atoms with E-state index in [0.717, 1.165) is 5.56 Å². The second kappa shape index (κ2) is 6.06. The van der Waals surface area contributed by atoms with E-state index in [0.29, 0.717) is 29.6 Å². The highest BCUT2D eigenvalue weighted by molar-refractivity contribution is 5.56. The van der Waals surface area contributed by atoms with Crippen LogP contribution in [0.4, 0.5) is 5.69 Å². The Labute approximate surface area is 129 Å². The molecule has 1 heterocycles. The van der Waals surface area contributed by atoms with Crippen molar-refractivity contribution in [1.82, 2.24) is 4.57 Å². The lowest BCUT2D eigenvalue weighted by atomic mass is 10.2. The number of nitrogens with two attached hydrogens (primary N) is 1. The van der Waals surface area contributed by atoms with Crippen molar-refractivity contribution in [1.29, 1.82) is 5.26 Å². The van der Waals surface area contributed by atoms with Crippen molar-refractivity contribution < 1.29 is 4.74 Å².